The summed E-state index contributed by atoms with van der Waals surface area (Å²) >= 11 is 3.31. The van der Waals surface area contributed by atoms with Crippen molar-refractivity contribution in [3.8, 4) is 0 Å². The Morgan fingerprint density at radius 1 is 0.889 bits per heavy atom. The number of aryl methyl sites for hydroxylation is 1. The number of carbonyl (C=O) groups is 1. The molecule has 0 heterocycles. The quantitative estimate of drug-likeness (QED) is 0.592. The van der Waals surface area contributed by atoms with Crippen molar-refractivity contribution in [2.24, 2.45) is 0 Å². The van der Waals surface area contributed by atoms with E-state index in [1.54, 1.807) is 48.5 Å². The molecule has 138 valence electrons. The summed E-state index contributed by atoms with van der Waals surface area (Å²) in [6, 6.07) is 20.4. The van der Waals surface area contributed by atoms with Gasteiger partial charge in [0, 0.05) is 15.8 Å². The Kier molecular flexibility index (Phi) is 5.62. The molecule has 5 nitrogen and oxygen atoms in total. The first kappa shape index (κ1) is 19.1. The number of nitrogens with one attached hydrogen (secondary N) is 2. The first-order valence-electron chi connectivity index (χ1n) is 8.10. The van der Waals surface area contributed by atoms with Crippen molar-refractivity contribution < 1.29 is 13.2 Å². The minimum Gasteiger partial charge on any atom is -0.322 e. The molecule has 1 amide bonds. The molecule has 0 unspecified atom stereocenters. The number of benzene rings is 3. The van der Waals surface area contributed by atoms with Crippen LogP contribution in [-0.2, 0) is 10.0 Å². The van der Waals surface area contributed by atoms with Gasteiger partial charge in [-0.05, 0) is 70.9 Å². The fraction of sp³-hybridized carbons (Fsp3) is 0.0500. The second kappa shape index (κ2) is 7.94. The van der Waals surface area contributed by atoms with E-state index in [2.05, 4.69) is 26.0 Å². The molecule has 0 aliphatic carbocycles. The zero-order chi connectivity index (χ0) is 19.4. The maximum atomic E-state index is 12.7. The third-order valence-corrected chi connectivity index (χ3v) is 5.87. The minimum absolute atomic E-state index is 0.00502. The third-order valence-electron chi connectivity index (χ3n) is 3.79. The number of hydrogen-bond acceptors (Lipinski definition) is 3. The molecule has 3 aromatic carbocycles. The number of sulfonamides is 1. The van der Waals surface area contributed by atoms with Gasteiger partial charge in [0.05, 0.1) is 10.5 Å². The van der Waals surface area contributed by atoms with Crippen LogP contribution in [0.3, 0.4) is 0 Å². The predicted molar refractivity (Wildman–Crippen MR) is 111 cm³/mol. The molecule has 0 bridgehead atoms. The molecular formula is C20H17BrN2O3S. The van der Waals surface area contributed by atoms with E-state index in [0.717, 1.165) is 5.56 Å². The molecule has 0 aromatic heterocycles. The molecule has 27 heavy (non-hydrogen) atoms. The van der Waals surface area contributed by atoms with Crippen LogP contribution in [-0.4, -0.2) is 14.3 Å². The maximum Gasteiger partial charge on any atom is 0.261 e. The van der Waals surface area contributed by atoms with Gasteiger partial charge in [0.25, 0.3) is 15.9 Å². The average molecular weight is 445 g/mol. The van der Waals surface area contributed by atoms with Crippen molar-refractivity contribution in [1.29, 1.82) is 0 Å². The number of hydrogen-bond donors (Lipinski definition) is 2. The second-order valence-electron chi connectivity index (χ2n) is 5.94. The van der Waals surface area contributed by atoms with Crippen molar-refractivity contribution in [3.05, 3.63) is 88.4 Å². The van der Waals surface area contributed by atoms with Gasteiger partial charge < -0.3 is 5.32 Å². The van der Waals surface area contributed by atoms with E-state index in [9.17, 15) is 13.2 Å². The van der Waals surface area contributed by atoms with Gasteiger partial charge in [0.15, 0.2) is 0 Å². The summed E-state index contributed by atoms with van der Waals surface area (Å²) in [6.07, 6.45) is 0. The Hall–Kier alpha value is -2.64. The number of amides is 1. The molecular weight excluding hydrogens is 428 g/mol. The third kappa shape index (κ3) is 4.75. The maximum absolute atomic E-state index is 12.7. The van der Waals surface area contributed by atoms with Crippen LogP contribution in [0.4, 0.5) is 11.4 Å². The highest BCUT2D eigenvalue weighted by Gasteiger charge is 2.19. The van der Waals surface area contributed by atoms with Crippen LogP contribution in [0.5, 0.6) is 0 Å². The van der Waals surface area contributed by atoms with Crippen LogP contribution < -0.4 is 10.0 Å². The molecule has 0 fully saturated rings. The standard InChI is InChI=1S/C20H17BrN2O3S/c1-14-6-5-9-16(12-14)23-27(25,26)17-10-11-19(21)18(13-17)20(24)22-15-7-3-2-4-8-15/h2-13,23H,1H3,(H,22,24). The molecule has 3 aromatic rings. The Labute approximate surface area is 166 Å². The van der Waals surface area contributed by atoms with E-state index >= 15 is 0 Å². The van der Waals surface area contributed by atoms with Gasteiger partial charge in [-0.1, -0.05) is 30.3 Å². The van der Waals surface area contributed by atoms with E-state index in [1.165, 1.54) is 12.1 Å². The number of anilines is 2. The summed E-state index contributed by atoms with van der Waals surface area (Å²) in [5, 5.41) is 2.75. The lowest BCUT2D eigenvalue weighted by Crippen LogP contribution is -2.16. The highest BCUT2D eigenvalue weighted by Crippen LogP contribution is 2.24. The number of para-hydroxylation sites is 1. The van der Waals surface area contributed by atoms with Crippen molar-refractivity contribution in [3.63, 3.8) is 0 Å². The zero-order valence-electron chi connectivity index (χ0n) is 14.4. The highest BCUT2D eigenvalue weighted by atomic mass is 79.9. The molecule has 0 aliphatic heterocycles. The van der Waals surface area contributed by atoms with Crippen LogP contribution in [0.1, 0.15) is 15.9 Å². The summed E-state index contributed by atoms with van der Waals surface area (Å²) < 4.78 is 28.4. The van der Waals surface area contributed by atoms with E-state index in [4.69, 9.17) is 0 Å². The van der Waals surface area contributed by atoms with E-state index in [1.807, 2.05) is 19.1 Å². The van der Waals surface area contributed by atoms with Crippen molar-refractivity contribution in [2.75, 3.05) is 10.0 Å². The van der Waals surface area contributed by atoms with Crippen LogP contribution in [0.2, 0.25) is 0 Å². The summed E-state index contributed by atoms with van der Waals surface area (Å²) in [4.78, 5) is 12.6. The fourth-order valence-corrected chi connectivity index (χ4v) is 3.99. The molecule has 0 radical (unpaired) electrons. The summed E-state index contributed by atoms with van der Waals surface area (Å²) in [7, 11) is -3.83. The Morgan fingerprint density at radius 2 is 1.59 bits per heavy atom. The predicted octanol–water partition coefficient (Wildman–Crippen LogP) is 4.81. The lowest BCUT2D eigenvalue weighted by Gasteiger charge is -2.11. The molecule has 0 spiro atoms. The van der Waals surface area contributed by atoms with Crippen LogP contribution in [0, 0.1) is 6.92 Å². The van der Waals surface area contributed by atoms with E-state index in [-0.39, 0.29) is 10.5 Å². The van der Waals surface area contributed by atoms with Crippen molar-refractivity contribution in [1.82, 2.24) is 0 Å². The van der Waals surface area contributed by atoms with Crippen molar-refractivity contribution in [2.45, 2.75) is 11.8 Å². The van der Waals surface area contributed by atoms with Crippen LogP contribution in [0.25, 0.3) is 0 Å². The molecule has 2 N–H and O–H groups in total. The van der Waals surface area contributed by atoms with E-state index in [0.29, 0.717) is 15.8 Å². The topological polar surface area (TPSA) is 75.3 Å². The molecule has 0 atom stereocenters. The summed E-state index contributed by atoms with van der Waals surface area (Å²) in [6.45, 7) is 1.88. The number of carbonyl (C=O) groups excluding carboxylic acids is 1. The molecule has 0 saturated carbocycles. The number of halogens is 1. The first-order valence-corrected chi connectivity index (χ1v) is 10.4. The molecule has 0 aliphatic rings. The zero-order valence-corrected chi connectivity index (χ0v) is 16.8. The molecule has 7 heteroatoms. The average Bonchev–Trinajstić information content (AvgIpc) is 2.62. The smallest absolute Gasteiger partial charge is 0.261 e. The van der Waals surface area contributed by atoms with Crippen LogP contribution >= 0.6 is 15.9 Å². The monoisotopic (exact) mass is 444 g/mol. The molecule has 0 saturated heterocycles. The fourth-order valence-electron chi connectivity index (χ4n) is 2.49. The lowest BCUT2D eigenvalue weighted by atomic mass is 10.2. The van der Waals surface area contributed by atoms with Gasteiger partial charge in [-0.3, -0.25) is 9.52 Å². The van der Waals surface area contributed by atoms with Gasteiger partial charge >= 0.3 is 0 Å². The largest absolute Gasteiger partial charge is 0.322 e. The Balaban J connectivity index is 1.89. The minimum atomic E-state index is -3.83. The number of rotatable bonds is 5. The highest BCUT2D eigenvalue weighted by molar-refractivity contribution is 9.10. The SMILES string of the molecule is Cc1cccc(NS(=O)(=O)c2ccc(Br)c(C(=O)Nc3ccccc3)c2)c1. The normalized spacial score (nSPS) is 11.0. The van der Waals surface area contributed by atoms with Gasteiger partial charge in [-0.25, -0.2) is 8.42 Å². The Morgan fingerprint density at radius 3 is 2.30 bits per heavy atom. The summed E-state index contributed by atoms with van der Waals surface area (Å²) in [5.74, 6) is -0.402. The van der Waals surface area contributed by atoms with Gasteiger partial charge in [0.1, 0.15) is 0 Å². The van der Waals surface area contributed by atoms with Gasteiger partial charge in [0.2, 0.25) is 0 Å². The van der Waals surface area contributed by atoms with Gasteiger partial charge in [-0.15, -0.1) is 0 Å². The first-order chi connectivity index (χ1) is 12.8. The molecule has 3 rings (SSSR count). The summed E-state index contributed by atoms with van der Waals surface area (Å²) in [5.41, 5.74) is 2.26. The second-order valence-corrected chi connectivity index (χ2v) is 8.47. The van der Waals surface area contributed by atoms with Crippen molar-refractivity contribution >= 4 is 43.2 Å². The van der Waals surface area contributed by atoms with E-state index < -0.39 is 15.9 Å². The van der Waals surface area contributed by atoms with Crippen LogP contribution in [0.15, 0.2) is 82.2 Å². The van der Waals surface area contributed by atoms with Gasteiger partial charge in [-0.2, -0.15) is 0 Å². The lowest BCUT2D eigenvalue weighted by molar-refractivity contribution is 0.102. The Bertz CT molecular complexity index is 1080.